The van der Waals surface area contributed by atoms with Gasteiger partial charge in [0.05, 0.1) is 0 Å². The molecule has 4 rings (SSSR count). The molecule has 0 aliphatic heterocycles. The van der Waals surface area contributed by atoms with E-state index in [4.69, 9.17) is 0 Å². The van der Waals surface area contributed by atoms with E-state index < -0.39 is 0 Å². The topological polar surface area (TPSA) is 34.1 Å². The van der Waals surface area contributed by atoms with Crippen LogP contribution in [0.1, 0.15) is 40.0 Å². The van der Waals surface area contributed by atoms with Crippen molar-refractivity contribution in [2.45, 2.75) is 19.3 Å². The second kappa shape index (κ2) is 2.95. The molecule has 2 atom stereocenters. The molecule has 0 amide bonds. The van der Waals surface area contributed by atoms with Gasteiger partial charge in [0.2, 0.25) is 0 Å². The van der Waals surface area contributed by atoms with Crippen LogP contribution < -0.4 is 0 Å². The van der Waals surface area contributed by atoms with Crippen LogP contribution in [0.5, 0.6) is 0 Å². The molecular formula is C15H12O2. The van der Waals surface area contributed by atoms with Crippen LogP contribution in [0.2, 0.25) is 0 Å². The molecule has 0 spiro atoms. The van der Waals surface area contributed by atoms with Gasteiger partial charge in [-0.25, -0.2) is 0 Å². The Morgan fingerprint density at radius 2 is 1.29 bits per heavy atom. The lowest BCUT2D eigenvalue weighted by atomic mass is 9.77. The maximum atomic E-state index is 12.4. The van der Waals surface area contributed by atoms with Crippen molar-refractivity contribution in [2.75, 3.05) is 0 Å². The van der Waals surface area contributed by atoms with Crippen molar-refractivity contribution < 1.29 is 9.59 Å². The third kappa shape index (κ3) is 1.01. The van der Waals surface area contributed by atoms with E-state index in [9.17, 15) is 9.59 Å². The first-order valence-electron chi connectivity index (χ1n) is 6.20. The van der Waals surface area contributed by atoms with Crippen LogP contribution in [0, 0.1) is 11.8 Å². The maximum Gasteiger partial charge on any atom is 0.190 e. The standard InChI is InChI=1S/C15H12O2/c16-14-10-3-1-2-4-11(10)15(17)13-9-6-5-8(7-9)12(13)14/h1-4,8-9H,5-7H2/t8-,9+. The lowest BCUT2D eigenvalue weighted by Gasteiger charge is -2.23. The summed E-state index contributed by atoms with van der Waals surface area (Å²) in [5.41, 5.74) is 2.93. The molecule has 0 aromatic heterocycles. The first kappa shape index (κ1) is 9.34. The molecule has 1 fully saturated rings. The number of Topliss-reactive ketones (excluding diaryl/α,β-unsaturated/α-hetero) is 2. The molecule has 0 radical (unpaired) electrons. The van der Waals surface area contributed by atoms with E-state index in [2.05, 4.69) is 0 Å². The average Bonchev–Trinajstić information content (AvgIpc) is 2.96. The van der Waals surface area contributed by atoms with Gasteiger partial charge in [0.1, 0.15) is 0 Å². The van der Waals surface area contributed by atoms with E-state index in [1.165, 1.54) is 0 Å². The summed E-state index contributed by atoms with van der Waals surface area (Å²) in [5, 5.41) is 0. The number of ketones is 2. The van der Waals surface area contributed by atoms with Gasteiger partial charge in [-0.3, -0.25) is 9.59 Å². The molecule has 0 saturated heterocycles. The van der Waals surface area contributed by atoms with Crippen LogP contribution in [-0.4, -0.2) is 11.6 Å². The molecule has 1 saturated carbocycles. The maximum absolute atomic E-state index is 12.4. The fraction of sp³-hybridized carbons (Fsp3) is 0.333. The molecule has 2 heteroatoms. The molecule has 3 aliphatic carbocycles. The van der Waals surface area contributed by atoms with Gasteiger partial charge in [-0.1, -0.05) is 24.3 Å². The summed E-state index contributed by atoms with van der Waals surface area (Å²) in [7, 11) is 0. The Kier molecular flexibility index (Phi) is 1.62. The molecule has 0 heterocycles. The smallest absolute Gasteiger partial charge is 0.190 e. The first-order valence-corrected chi connectivity index (χ1v) is 6.20. The lowest BCUT2D eigenvalue weighted by molar-refractivity contribution is 0.0963. The van der Waals surface area contributed by atoms with E-state index in [-0.39, 0.29) is 11.6 Å². The highest BCUT2D eigenvalue weighted by Crippen LogP contribution is 2.52. The first-order chi connectivity index (χ1) is 8.27. The molecule has 2 bridgehead atoms. The van der Waals surface area contributed by atoms with E-state index in [1.807, 2.05) is 12.1 Å². The zero-order valence-corrected chi connectivity index (χ0v) is 9.40. The zero-order valence-electron chi connectivity index (χ0n) is 9.40. The summed E-state index contributed by atoms with van der Waals surface area (Å²) < 4.78 is 0. The van der Waals surface area contributed by atoms with E-state index in [0.717, 1.165) is 30.4 Å². The van der Waals surface area contributed by atoms with Crippen LogP contribution in [0.25, 0.3) is 0 Å². The van der Waals surface area contributed by atoms with Gasteiger partial charge in [-0.05, 0) is 31.1 Å². The van der Waals surface area contributed by atoms with E-state index in [0.29, 0.717) is 23.0 Å². The number of rotatable bonds is 0. The number of fused-ring (bicyclic) bond motifs is 5. The highest BCUT2D eigenvalue weighted by atomic mass is 16.1. The molecule has 84 valence electrons. The number of hydrogen-bond donors (Lipinski definition) is 0. The van der Waals surface area contributed by atoms with Crippen LogP contribution in [0.3, 0.4) is 0 Å². The van der Waals surface area contributed by atoms with Crippen molar-refractivity contribution in [1.29, 1.82) is 0 Å². The Hall–Kier alpha value is -1.70. The van der Waals surface area contributed by atoms with Crippen molar-refractivity contribution in [1.82, 2.24) is 0 Å². The summed E-state index contributed by atoms with van der Waals surface area (Å²) in [6, 6.07) is 7.24. The van der Waals surface area contributed by atoms with Crippen LogP contribution in [0.4, 0.5) is 0 Å². The SMILES string of the molecule is O=C1C2=C(C(=O)c3ccccc31)[C@H]1CC[C@@H]2C1. The summed E-state index contributed by atoms with van der Waals surface area (Å²) in [6.45, 7) is 0. The van der Waals surface area contributed by atoms with Crippen molar-refractivity contribution in [3.63, 3.8) is 0 Å². The van der Waals surface area contributed by atoms with Crippen molar-refractivity contribution in [3.05, 3.63) is 46.5 Å². The van der Waals surface area contributed by atoms with Crippen LogP contribution in [0.15, 0.2) is 35.4 Å². The number of allylic oxidation sites excluding steroid dienone is 2. The predicted molar refractivity (Wildman–Crippen MR) is 63.0 cm³/mol. The van der Waals surface area contributed by atoms with Gasteiger partial charge in [-0.2, -0.15) is 0 Å². The molecule has 2 nitrogen and oxygen atoms in total. The monoisotopic (exact) mass is 224 g/mol. The molecule has 1 aromatic rings. The third-order valence-corrected chi connectivity index (χ3v) is 4.44. The van der Waals surface area contributed by atoms with E-state index >= 15 is 0 Å². The van der Waals surface area contributed by atoms with Gasteiger partial charge in [0, 0.05) is 22.3 Å². The molecule has 0 N–H and O–H groups in total. The second-order valence-electron chi connectivity index (χ2n) is 5.24. The van der Waals surface area contributed by atoms with Crippen molar-refractivity contribution >= 4 is 11.6 Å². The summed E-state index contributed by atoms with van der Waals surface area (Å²) in [5.74, 6) is 0.949. The molecule has 1 aromatic carbocycles. The normalized spacial score (nSPS) is 29.6. The Morgan fingerprint density at radius 3 is 1.76 bits per heavy atom. The summed E-state index contributed by atoms with van der Waals surface area (Å²) in [6.07, 6.45) is 3.20. The van der Waals surface area contributed by atoms with Crippen LogP contribution in [-0.2, 0) is 0 Å². The zero-order chi connectivity index (χ0) is 11.6. The minimum absolute atomic E-state index is 0.113. The Bertz CT molecular complexity index is 544. The van der Waals surface area contributed by atoms with Gasteiger partial charge >= 0.3 is 0 Å². The number of carbonyl (C=O) groups excluding carboxylic acids is 2. The minimum Gasteiger partial charge on any atom is -0.289 e. The summed E-state index contributed by atoms with van der Waals surface area (Å²) >= 11 is 0. The number of benzene rings is 1. The van der Waals surface area contributed by atoms with Gasteiger partial charge in [0.15, 0.2) is 11.6 Å². The Labute approximate surface area is 99.3 Å². The largest absolute Gasteiger partial charge is 0.289 e. The number of hydrogen-bond acceptors (Lipinski definition) is 2. The highest BCUT2D eigenvalue weighted by Gasteiger charge is 2.47. The average molecular weight is 224 g/mol. The quantitative estimate of drug-likeness (QED) is 0.679. The third-order valence-electron chi connectivity index (χ3n) is 4.44. The number of carbonyl (C=O) groups is 2. The highest BCUT2D eigenvalue weighted by molar-refractivity contribution is 6.27. The molecule has 17 heavy (non-hydrogen) atoms. The predicted octanol–water partition coefficient (Wildman–Crippen LogP) is 2.79. The fourth-order valence-corrected chi connectivity index (χ4v) is 3.73. The molecular weight excluding hydrogens is 212 g/mol. The molecule has 3 aliphatic rings. The minimum atomic E-state index is 0.113. The van der Waals surface area contributed by atoms with E-state index in [1.54, 1.807) is 12.1 Å². The Balaban J connectivity index is 1.99. The van der Waals surface area contributed by atoms with Gasteiger partial charge in [-0.15, -0.1) is 0 Å². The van der Waals surface area contributed by atoms with Crippen molar-refractivity contribution in [2.24, 2.45) is 11.8 Å². The second-order valence-corrected chi connectivity index (χ2v) is 5.24. The van der Waals surface area contributed by atoms with Crippen LogP contribution >= 0.6 is 0 Å². The summed E-state index contributed by atoms with van der Waals surface area (Å²) in [4.78, 5) is 24.8. The Morgan fingerprint density at radius 1 is 0.824 bits per heavy atom. The van der Waals surface area contributed by atoms with Crippen molar-refractivity contribution in [3.8, 4) is 0 Å². The molecule has 0 unspecified atom stereocenters. The van der Waals surface area contributed by atoms with Gasteiger partial charge in [0.25, 0.3) is 0 Å². The fourth-order valence-electron chi connectivity index (χ4n) is 3.73. The lowest BCUT2D eigenvalue weighted by Crippen LogP contribution is -2.25. The van der Waals surface area contributed by atoms with Gasteiger partial charge < -0.3 is 0 Å².